The summed E-state index contributed by atoms with van der Waals surface area (Å²) in [6.07, 6.45) is 0. The van der Waals surface area contributed by atoms with Gasteiger partial charge in [-0.1, -0.05) is 18.2 Å². The summed E-state index contributed by atoms with van der Waals surface area (Å²) in [6, 6.07) is 8.04. The Morgan fingerprint density at radius 3 is 2.64 bits per heavy atom. The van der Waals surface area contributed by atoms with E-state index in [2.05, 4.69) is 32.1 Å². The maximum absolute atomic E-state index is 13.7. The molecule has 2 heterocycles. The van der Waals surface area contributed by atoms with Crippen molar-refractivity contribution in [1.82, 2.24) is 20.2 Å². The first-order chi connectivity index (χ1) is 12.0. The Labute approximate surface area is 146 Å². The molecular formula is C18H22FN5O. The maximum atomic E-state index is 13.7. The molecule has 1 aliphatic heterocycles. The highest BCUT2D eigenvalue weighted by atomic mass is 19.1. The van der Waals surface area contributed by atoms with Crippen LogP contribution in [-0.2, 0) is 6.54 Å². The number of nitrogens with one attached hydrogen (secondary N) is 1. The molecule has 1 amide bonds. The standard InChI is InChI=1S/C18H22FN5O/c1-13-11-16(17(25)20-12-14-5-3-4-6-15(14)19)22-18(21-13)24-9-7-23(2)8-10-24/h3-6,11H,7-10,12H2,1-2H3,(H,20,25). The zero-order valence-electron chi connectivity index (χ0n) is 14.5. The molecule has 25 heavy (non-hydrogen) atoms. The van der Waals surface area contributed by atoms with E-state index >= 15 is 0 Å². The van der Waals surface area contributed by atoms with Crippen LogP contribution in [0.3, 0.4) is 0 Å². The average Bonchev–Trinajstić information content (AvgIpc) is 2.61. The lowest BCUT2D eigenvalue weighted by Gasteiger charge is -2.32. The van der Waals surface area contributed by atoms with Gasteiger partial charge in [0.2, 0.25) is 5.95 Å². The Bertz CT molecular complexity index is 759. The van der Waals surface area contributed by atoms with Gasteiger partial charge in [-0.25, -0.2) is 14.4 Å². The van der Waals surface area contributed by atoms with Gasteiger partial charge in [0.25, 0.3) is 5.91 Å². The molecule has 1 aromatic carbocycles. The van der Waals surface area contributed by atoms with Crippen LogP contribution in [0.5, 0.6) is 0 Å². The summed E-state index contributed by atoms with van der Waals surface area (Å²) in [6.45, 7) is 5.50. The van der Waals surface area contributed by atoms with Crippen molar-refractivity contribution in [3.63, 3.8) is 0 Å². The SMILES string of the molecule is Cc1cc(C(=O)NCc2ccccc2F)nc(N2CCN(C)CC2)n1. The number of carbonyl (C=O) groups excluding carboxylic acids is 1. The van der Waals surface area contributed by atoms with E-state index in [1.165, 1.54) is 6.07 Å². The van der Waals surface area contributed by atoms with Crippen LogP contribution in [-0.4, -0.2) is 54.0 Å². The Hall–Kier alpha value is -2.54. The Morgan fingerprint density at radius 2 is 1.92 bits per heavy atom. The lowest BCUT2D eigenvalue weighted by atomic mass is 10.2. The first-order valence-corrected chi connectivity index (χ1v) is 8.34. The number of nitrogens with zero attached hydrogens (tertiary/aromatic N) is 4. The summed E-state index contributed by atoms with van der Waals surface area (Å²) in [5.74, 6) is -0.0898. The smallest absolute Gasteiger partial charge is 0.270 e. The molecule has 1 fully saturated rings. The molecule has 0 unspecified atom stereocenters. The molecule has 0 bridgehead atoms. The van der Waals surface area contributed by atoms with Crippen molar-refractivity contribution in [2.75, 3.05) is 38.1 Å². The van der Waals surface area contributed by atoms with Gasteiger partial charge in [0.15, 0.2) is 0 Å². The van der Waals surface area contributed by atoms with Crippen LogP contribution in [0, 0.1) is 12.7 Å². The topological polar surface area (TPSA) is 61.4 Å². The van der Waals surface area contributed by atoms with Gasteiger partial charge in [0, 0.05) is 44.0 Å². The number of rotatable bonds is 4. The van der Waals surface area contributed by atoms with Gasteiger partial charge in [0.1, 0.15) is 11.5 Å². The minimum absolute atomic E-state index is 0.123. The molecule has 0 aliphatic carbocycles. The molecule has 3 rings (SSSR count). The van der Waals surface area contributed by atoms with Crippen molar-refractivity contribution in [2.45, 2.75) is 13.5 Å². The largest absolute Gasteiger partial charge is 0.347 e. The second kappa shape index (κ2) is 7.57. The number of aromatic nitrogens is 2. The molecule has 1 saturated heterocycles. The van der Waals surface area contributed by atoms with Gasteiger partial charge in [-0.05, 0) is 26.1 Å². The summed E-state index contributed by atoms with van der Waals surface area (Å²) in [7, 11) is 2.08. The molecule has 1 aliphatic rings. The fraction of sp³-hybridized carbons (Fsp3) is 0.389. The van der Waals surface area contributed by atoms with Gasteiger partial charge in [-0.15, -0.1) is 0 Å². The number of aryl methyl sites for hydroxylation is 1. The molecule has 1 aromatic heterocycles. The normalized spacial score (nSPS) is 15.2. The lowest BCUT2D eigenvalue weighted by Crippen LogP contribution is -2.45. The second-order valence-electron chi connectivity index (χ2n) is 6.26. The van der Waals surface area contributed by atoms with Gasteiger partial charge >= 0.3 is 0 Å². The number of halogens is 1. The van der Waals surface area contributed by atoms with E-state index in [-0.39, 0.29) is 18.3 Å². The van der Waals surface area contributed by atoms with E-state index in [0.29, 0.717) is 17.2 Å². The van der Waals surface area contributed by atoms with Gasteiger partial charge < -0.3 is 15.1 Å². The quantitative estimate of drug-likeness (QED) is 0.914. The third kappa shape index (κ3) is 4.30. The van der Waals surface area contributed by atoms with Crippen LogP contribution in [0.15, 0.2) is 30.3 Å². The predicted octanol–water partition coefficient (Wildman–Crippen LogP) is 1.61. The Balaban J connectivity index is 1.71. The van der Waals surface area contributed by atoms with E-state index in [9.17, 15) is 9.18 Å². The Morgan fingerprint density at radius 1 is 1.20 bits per heavy atom. The second-order valence-corrected chi connectivity index (χ2v) is 6.26. The van der Waals surface area contributed by atoms with Crippen molar-refractivity contribution < 1.29 is 9.18 Å². The highest BCUT2D eigenvalue weighted by Crippen LogP contribution is 2.13. The van der Waals surface area contributed by atoms with E-state index in [4.69, 9.17) is 0 Å². The van der Waals surface area contributed by atoms with Crippen molar-refractivity contribution in [3.8, 4) is 0 Å². The minimum Gasteiger partial charge on any atom is -0.347 e. The minimum atomic E-state index is -0.334. The first-order valence-electron chi connectivity index (χ1n) is 8.34. The number of benzene rings is 1. The molecule has 132 valence electrons. The highest BCUT2D eigenvalue weighted by Gasteiger charge is 2.19. The average molecular weight is 343 g/mol. The van der Waals surface area contributed by atoms with E-state index in [1.807, 2.05) is 6.92 Å². The molecule has 0 radical (unpaired) electrons. The van der Waals surface area contributed by atoms with Crippen LogP contribution >= 0.6 is 0 Å². The Kier molecular flexibility index (Phi) is 5.23. The summed E-state index contributed by atoms with van der Waals surface area (Å²) >= 11 is 0. The molecular weight excluding hydrogens is 321 g/mol. The first kappa shape index (κ1) is 17.3. The van der Waals surface area contributed by atoms with Crippen molar-refractivity contribution in [2.24, 2.45) is 0 Å². The third-order valence-electron chi connectivity index (χ3n) is 4.26. The predicted molar refractivity (Wildman–Crippen MR) is 94.0 cm³/mol. The third-order valence-corrected chi connectivity index (χ3v) is 4.26. The summed E-state index contributed by atoms with van der Waals surface area (Å²) < 4.78 is 13.7. The molecule has 0 saturated carbocycles. The monoisotopic (exact) mass is 343 g/mol. The molecule has 0 atom stereocenters. The molecule has 1 N–H and O–H groups in total. The van der Waals surface area contributed by atoms with Crippen molar-refractivity contribution in [1.29, 1.82) is 0 Å². The van der Waals surface area contributed by atoms with Gasteiger partial charge in [-0.3, -0.25) is 4.79 Å². The van der Waals surface area contributed by atoms with E-state index in [1.54, 1.807) is 24.3 Å². The zero-order chi connectivity index (χ0) is 17.8. The van der Waals surface area contributed by atoms with E-state index in [0.717, 1.165) is 31.9 Å². The van der Waals surface area contributed by atoms with Gasteiger partial charge in [0.05, 0.1) is 0 Å². The number of anilines is 1. The molecule has 0 spiro atoms. The van der Waals surface area contributed by atoms with Gasteiger partial charge in [-0.2, -0.15) is 0 Å². The fourth-order valence-corrected chi connectivity index (χ4v) is 2.72. The zero-order valence-corrected chi connectivity index (χ0v) is 14.5. The summed E-state index contributed by atoms with van der Waals surface area (Å²) in [5.41, 5.74) is 1.48. The number of piperazine rings is 1. The number of hydrogen-bond donors (Lipinski definition) is 1. The number of likely N-dealkylation sites (N-methyl/N-ethyl adjacent to an activating group) is 1. The van der Waals surface area contributed by atoms with Crippen LogP contribution in [0.4, 0.5) is 10.3 Å². The van der Waals surface area contributed by atoms with Crippen molar-refractivity contribution >= 4 is 11.9 Å². The number of amides is 1. The molecule has 2 aromatic rings. The molecule has 6 nitrogen and oxygen atoms in total. The number of carbonyl (C=O) groups is 1. The van der Waals surface area contributed by atoms with E-state index < -0.39 is 0 Å². The number of hydrogen-bond acceptors (Lipinski definition) is 5. The fourth-order valence-electron chi connectivity index (χ4n) is 2.72. The van der Waals surface area contributed by atoms with Crippen LogP contribution < -0.4 is 10.2 Å². The lowest BCUT2D eigenvalue weighted by molar-refractivity contribution is 0.0945. The van der Waals surface area contributed by atoms with Crippen LogP contribution in [0.1, 0.15) is 21.7 Å². The van der Waals surface area contributed by atoms with Crippen molar-refractivity contribution in [3.05, 3.63) is 53.1 Å². The maximum Gasteiger partial charge on any atom is 0.270 e. The summed E-state index contributed by atoms with van der Waals surface area (Å²) in [5, 5.41) is 2.72. The van der Waals surface area contributed by atoms with Crippen LogP contribution in [0.25, 0.3) is 0 Å². The molecule has 7 heteroatoms. The highest BCUT2D eigenvalue weighted by molar-refractivity contribution is 5.92. The van der Waals surface area contributed by atoms with Crippen LogP contribution in [0.2, 0.25) is 0 Å². The summed E-state index contributed by atoms with van der Waals surface area (Å²) in [4.78, 5) is 25.6.